The Balaban J connectivity index is 0.00000240. The first kappa shape index (κ1) is 21.8. The second-order valence-electron chi connectivity index (χ2n) is 7.91. The van der Waals surface area contributed by atoms with Gasteiger partial charge < -0.3 is 15.0 Å². The van der Waals surface area contributed by atoms with Crippen LogP contribution in [-0.4, -0.2) is 53.4 Å². The molecule has 1 N–H and O–H groups in total. The van der Waals surface area contributed by atoms with Crippen LogP contribution >= 0.6 is 12.4 Å². The Morgan fingerprint density at radius 3 is 2.69 bits per heavy atom. The molecule has 2 aliphatic heterocycles. The maximum Gasteiger partial charge on any atom is 0.274 e. The van der Waals surface area contributed by atoms with E-state index in [-0.39, 0.29) is 18.3 Å². The van der Waals surface area contributed by atoms with Gasteiger partial charge in [-0.15, -0.1) is 12.4 Å². The zero-order chi connectivity index (χ0) is 19.2. The van der Waals surface area contributed by atoms with Gasteiger partial charge in [-0.2, -0.15) is 5.10 Å². The second kappa shape index (κ2) is 10.8. The molecule has 1 unspecified atom stereocenters. The highest BCUT2D eigenvalue weighted by atomic mass is 35.5. The van der Waals surface area contributed by atoms with Gasteiger partial charge >= 0.3 is 0 Å². The summed E-state index contributed by atoms with van der Waals surface area (Å²) in [4.78, 5) is 15.3. The molecule has 1 atom stereocenters. The molecule has 29 heavy (non-hydrogen) atoms. The highest BCUT2D eigenvalue weighted by molar-refractivity contribution is 5.92. The van der Waals surface area contributed by atoms with E-state index in [2.05, 4.69) is 22.5 Å². The topological polar surface area (TPSA) is 59.4 Å². The first-order valence-electron chi connectivity index (χ1n) is 10.5. The van der Waals surface area contributed by atoms with Crippen molar-refractivity contribution in [3.05, 3.63) is 53.9 Å². The number of nitrogens with zero attached hydrogens (tertiary/aromatic N) is 3. The average molecular weight is 419 g/mol. The quantitative estimate of drug-likeness (QED) is 0.781. The van der Waals surface area contributed by atoms with Crippen LogP contribution in [-0.2, 0) is 11.3 Å². The molecule has 7 heteroatoms. The third kappa shape index (κ3) is 5.81. The van der Waals surface area contributed by atoms with E-state index in [4.69, 9.17) is 4.74 Å². The summed E-state index contributed by atoms with van der Waals surface area (Å²) in [5, 5.41) is 8.06. The minimum absolute atomic E-state index is 0. The lowest BCUT2D eigenvalue weighted by molar-refractivity contribution is 0.0442. The maximum absolute atomic E-state index is 13.3. The summed E-state index contributed by atoms with van der Waals surface area (Å²) in [6.07, 6.45) is 6.25. The number of piperidine rings is 1. The van der Waals surface area contributed by atoms with Gasteiger partial charge in [-0.25, -0.2) is 0 Å². The molecular weight excluding hydrogens is 388 g/mol. The van der Waals surface area contributed by atoms with E-state index in [1.165, 1.54) is 0 Å². The van der Waals surface area contributed by atoms with Crippen molar-refractivity contribution in [2.45, 2.75) is 38.3 Å². The van der Waals surface area contributed by atoms with Crippen molar-refractivity contribution < 1.29 is 9.53 Å². The molecule has 1 aromatic carbocycles. The minimum Gasteiger partial charge on any atom is -0.381 e. The lowest BCUT2D eigenvalue weighted by Crippen LogP contribution is -2.37. The Bertz CT molecular complexity index is 755. The van der Waals surface area contributed by atoms with Crippen LogP contribution in [0.15, 0.2) is 42.6 Å². The smallest absolute Gasteiger partial charge is 0.274 e. The highest BCUT2D eigenvalue weighted by Gasteiger charge is 2.25. The predicted octanol–water partition coefficient (Wildman–Crippen LogP) is 3.30. The number of hydrogen-bond acceptors (Lipinski definition) is 4. The van der Waals surface area contributed by atoms with Gasteiger partial charge in [0.05, 0.1) is 6.04 Å². The van der Waals surface area contributed by atoms with Crippen LogP contribution in [0.4, 0.5) is 0 Å². The van der Waals surface area contributed by atoms with E-state index >= 15 is 0 Å². The fourth-order valence-electron chi connectivity index (χ4n) is 4.14. The molecule has 2 aliphatic rings. The number of rotatable bonds is 6. The van der Waals surface area contributed by atoms with Gasteiger partial charge in [-0.3, -0.25) is 9.48 Å². The fraction of sp³-hybridized carbons (Fsp3) is 0.545. The van der Waals surface area contributed by atoms with Gasteiger partial charge in [0, 0.05) is 39.0 Å². The van der Waals surface area contributed by atoms with Crippen molar-refractivity contribution >= 4 is 18.3 Å². The largest absolute Gasteiger partial charge is 0.381 e. The molecule has 0 aliphatic carbocycles. The van der Waals surface area contributed by atoms with Crippen molar-refractivity contribution in [3.8, 4) is 0 Å². The Hall–Kier alpha value is -1.89. The molecular formula is C22H31ClN4O2. The Labute approximate surface area is 179 Å². The van der Waals surface area contributed by atoms with E-state index in [1.54, 1.807) is 0 Å². The van der Waals surface area contributed by atoms with Gasteiger partial charge in [-0.1, -0.05) is 30.3 Å². The number of nitrogens with one attached hydrogen (secondary N) is 1. The number of hydrogen-bond donors (Lipinski definition) is 1. The average Bonchev–Trinajstić information content (AvgIpc) is 3.25. The molecule has 0 radical (unpaired) electrons. The summed E-state index contributed by atoms with van der Waals surface area (Å²) >= 11 is 0. The standard InChI is InChI=1S/C22H30N4O2.ClH/c27-22(21-8-12-26(24-21)20-7-4-11-23-15-20)25(16-18-5-2-1-3-6-18)17-19-9-13-28-14-10-19;/h1-3,5-6,8,12,19-20,23H,4,7,9-11,13-17H2;1H. The van der Waals surface area contributed by atoms with E-state index < -0.39 is 0 Å². The Morgan fingerprint density at radius 1 is 1.17 bits per heavy atom. The van der Waals surface area contributed by atoms with Gasteiger partial charge in [0.15, 0.2) is 0 Å². The molecule has 6 nitrogen and oxygen atoms in total. The van der Waals surface area contributed by atoms with Crippen molar-refractivity contribution in [2.75, 3.05) is 32.8 Å². The number of benzene rings is 1. The third-order valence-electron chi connectivity index (χ3n) is 5.80. The lowest BCUT2D eigenvalue weighted by atomic mass is 9.99. The summed E-state index contributed by atoms with van der Waals surface area (Å²) in [6, 6.07) is 12.4. The van der Waals surface area contributed by atoms with Crippen molar-refractivity contribution in [3.63, 3.8) is 0 Å². The molecule has 2 fully saturated rings. The Morgan fingerprint density at radius 2 is 1.97 bits per heavy atom. The molecule has 0 bridgehead atoms. The van der Waals surface area contributed by atoms with Gasteiger partial charge in [0.1, 0.15) is 5.69 Å². The van der Waals surface area contributed by atoms with Gasteiger partial charge in [-0.05, 0) is 49.8 Å². The SMILES string of the molecule is Cl.O=C(c1ccn(C2CCCNC2)n1)N(Cc1ccccc1)CC1CCOCC1. The maximum atomic E-state index is 13.3. The van der Waals surface area contributed by atoms with Crippen molar-refractivity contribution in [2.24, 2.45) is 5.92 Å². The monoisotopic (exact) mass is 418 g/mol. The first-order chi connectivity index (χ1) is 13.8. The van der Waals surface area contributed by atoms with E-state index in [9.17, 15) is 4.79 Å². The van der Waals surface area contributed by atoms with Crippen LogP contribution in [0.5, 0.6) is 0 Å². The van der Waals surface area contributed by atoms with Gasteiger partial charge in [0.25, 0.3) is 5.91 Å². The summed E-state index contributed by atoms with van der Waals surface area (Å²) in [7, 11) is 0. The zero-order valence-corrected chi connectivity index (χ0v) is 17.7. The third-order valence-corrected chi connectivity index (χ3v) is 5.80. The number of halogens is 1. The normalized spacial score (nSPS) is 20.1. The van der Waals surface area contributed by atoms with Crippen molar-refractivity contribution in [1.29, 1.82) is 0 Å². The molecule has 2 aromatic rings. The van der Waals surface area contributed by atoms with Gasteiger partial charge in [0.2, 0.25) is 0 Å². The van der Waals surface area contributed by atoms with Crippen molar-refractivity contribution in [1.82, 2.24) is 20.0 Å². The number of amides is 1. The van der Waals surface area contributed by atoms with Crippen LogP contribution in [0.2, 0.25) is 0 Å². The number of aromatic nitrogens is 2. The fourth-order valence-corrected chi connectivity index (χ4v) is 4.14. The molecule has 1 aromatic heterocycles. The lowest BCUT2D eigenvalue weighted by Gasteiger charge is -2.29. The van der Waals surface area contributed by atoms with E-state index in [0.717, 1.165) is 64.1 Å². The van der Waals surface area contributed by atoms with Crippen LogP contribution in [0, 0.1) is 5.92 Å². The highest BCUT2D eigenvalue weighted by Crippen LogP contribution is 2.20. The van der Waals surface area contributed by atoms with Crippen LogP contribution in [0.25, 0.3) is 0 Å². The minimum atomic E-state index is 0. The van der Waals surface area contributed by atoms with Crippen LogP contribution in [0.1, 0.15) is 47.8 Å². The molecule has 1 amide bonds. The Kier molecular flexibility index (Phi) is 8.09. The number of ether oxygens (including phenoxy) is 1. The second-order valence-corrected chi connectivity index (χ2v) is 7.91. The first-order valence-corrected chi connectivity index (χ1v) is 10.5. The van der Waals surface area contributed by atoms with E-state index in [1.807, 2.05) is 40.0 Å². The summed E-state index contributed by atoms with van der Waals surface area (Å²) in [5.41, 5.74) is 1.70. The molecule has 3 heterocycles. The molecule has 0 saturated carbocycles. The van der Waals surface area contributed by atoms with Crippen LogP contribution < -0.4 is 5.32 Å². The number of carbonyl (C=O) groups is 1. The van der Waals surface area contributed by atoms with E-state index in [0.29, 0.717) is 24.2 Å². The predicted molar refractivity (Wildman–Crippen MR) is 115 cm³/mol. The summed E-state index contributed by atoms with van der Waals surface area (Å²) < 4.78 is 7.46. The molecule has 4 rings (SSSR count). The molecule has 2 saturated heterocycles. The summed E-state index contributed by atoms with van der Waals surface area (Å²) in [5.74, 6) is 0.518. The zero-order valence-electron chi connectivity index (χ0n) is 16.8. The number of carbonyl (C=O) groups excluding carboxylic acids is 1. The summed E-state index contributed by atoms with van der Waals surface area (Å²) in [6.45, 7) is 4.96. The van der Waals surface area contributed by atoms with Crippen LogP contribution in [0.3, 0.4) is 0 Å². The molecule has 158 valence electrons. The molecule has 0 spiro atoms.